The van der Waals surface area contributed by atoms with Crippen LogP contribution in [0.15, 0.2) is 53.3 Å². The molecule has 0 saturated heterocycles. The number of ether oxygens (including phenoxy) is 2. The molecular formula is C28H25Cl2F3N2O6. The summed E-state index contributed by atoms with van der Waals surface area (Å²) < 4.78 is 50.4. The molecule has 0 saturated carbocycles. The lowest BCUT2D eigenvalue weighted by Gasteiger charge is -2.19. The maximum atomic E-state index is 13.3. The van der Waals surface area contributed by atoms with Crippen molar-refractivity contribution >= 4 is 41.0 Å². The van der Waals surface area contributed by atoms with E-state index in [0.717, 1.165) is 13.1 Å². The largest absolute Gasteiger partial charge is 0.462 e. The molecule has 3 aromatic rings. The van der Waals surface area contributed by atoms with Crippen LogP contribution < -0.4 is 10.9 Å². The molecular weight excluding hydrogens is 588 g/mol. The summed E-state index contributed by atoms with van der Waals surface area (Å²) in [6.07, 6.45) is -4.76. The lowest BCUT2D eigenvalue weighted by Crippen LogP contribution is -2.44. The number of esters is 2. The van der Waals surface area contributed by atoms with E-state index in [1.807, 2.05) is 0 Å². The summed E-state index contributed by atoms with van der Waals surface area (Å²) >= 11 is 12.3. The van der Waals surface area contributed by atoms with Gasteiger partial charge in [0, 0.05) is 20.4 Å². The second kappa shape index (κ2) is 13.2. The molecule has 13 heteroatoms. The Morgan fingerprint density at radius 1 is 1.00 bits per heavy atom. The number of aromatic nitrogens is 1. The number of rotatable bonds is 9. The molecule has 0 aliphatic carbocycles. The van der Waals surface area contributed by atoms with Crippen molar-refractivity contribution in [1.82, 2.24) is 9.88 Å². The summed E-state index contributed by atoms with van der Waals surface area (Å²) in [6.45, 7) is 2.17. The number of carbonyl (C=O) groups is 3. The van der Waals surface area contributed by atoms with Gasteiger partial charge in [-0.25, -0.2) is 4.79 Å². The molecule has 3 rings (SSSR count). The van der Waals surface area contributed by atoms with E-state index in [0.29, 0.717) is 15.7 Å². The number of alkyl halides is 3. The lowest BCUT2D eigenvalue weighted by atomic mass is 9.98. The van der Waals surface area contributed by atoms with Gasteiger partial charge in [0.05, 0.1) is 21.2 Å². The molecule has 0 radical (unpaired) electrons. The Bertz CT molecular complexity index is 1500. The van der Waals surface area contributed by atoms with Crippen LogP contribution in [0.5, 0.6) is 0 Å². The molecule has 0 fully saturated rings. The minimum absolute atomic E-state index is 0.0440. The molecule has 41 heavy (non-hydrogen) atoms. The monoisotopic (exact) mass is 612 g/mol. The number of amides is 1. The predicted octanol–water partition coefficient (Wildman–Crippen LogP) is 5.13. The van der Waals surface area contributed by atoms with Gasteiger partial charge in [-0.15, -0.1) is 0 Å². The standard InChI is InChI=1S/C28H25Cl2F3N2O6/c1-15-13-22(28(31,32)33)35(3)26(38)23(15)18-9-7-17(8-10-18)14-21(27(39)41-12-11-40-16(2)36)34-25(37)24-19(29)5-4-6-20(24)30/h4-10,13,21H,11-12,14H2,1-3H3,(H,34,37)/t21-/m0/s1. The Labute approximate surface area is 243 Å². The second-order valence-electron chi connectivity index (χ2n) is 8.98. The SMILES string of the molecule is CC(=O)OCCOC(=O)[C@H](Cc1ccc(-c2c(C)cc(C(F)(F)F)n(C)c2=O)cc1)NC(=O)c1c(Cl)cccc1Cl. The molecule has 0 unspecified atom stereocenters. The first-order chi connectivity index (χ1) is 19.2. The van der Waals surface area contributed by atoms with Gasteiger partial charge in [-0.2, -0.15) is 13.2 Å². The van der Waals surface area contributed by atoms with Crippen LogP contribution in [0.1, 0.15) is 34.1 Å². The van der Waals surface area contributed by atoms with Crippen molar-refractivity contribution in [2.45, 2.75) is 32.5 Å². The highest BCUT2D eigenvalue weighted by Crippen LogP contribution is 2.31. The fraction of sp³-hybridized carbons (Fsp3) is 0.286. The van der Waals surface area contributed by atoms with Gasteiger partial charge in [-0.3, -0.25) is 14.4 Å². The first-order valence-corrected chi connectivity index (χ1v) is 12.9. The minimum Gasteiger partial charge on any atom is -0.462 e. The number of benzene rings is 2. The zero-order valence-corrected chi connectivity index (χ0v) is 23.6. The Kier molecular flexibility index (Phi) is 10.2. The summed E-state index contributed by atoms with van der Waals surface area (Å²) in [5.41, 5.74) is -0.789. The maximum Gasteiger partial charge on any atom is 0.431 e. The molecule has 2 aromatic carbocycles. The number of carbonyl (C=O) groups excluding carboxylic acids is 3. The van der Waals surface area contributed by atoms with Crippen LogP contribution in [0.25, 0.3) is 11.1 Å². The zero-order chi connectivity index (χ0) is 30.5. The molecule has 0 spiro atoms. The van der Waals surface area contributed by atoms with Crippen LogP contribution in [0.4, 0.5) is 13.2 Å². The summed E-state index contributed by atoms with van der Waals surface area (Å²) in [4.78, 5) is 49.6. The van der Waals surface area contributed by atoms with Crippen molar-refractivity contribution < 1.29 is 37.0 Å². The van der Waals surface area contributed by atoms with Crippen LogP contribution in [-0.4, -0.2) is 41.7 Å². The molecule has 218 valence electrons. The van der Waals surface area contributed by atoms with E-state index in [1.165, 1.54) is 38.1 Å². The van der Waals surface area contributed by atoms with E-state index < -0.39 is 41.3 Å². The molecule has 8 nitrogen and oxygen atoms in total. The predicted molar refractivity (Wildman–Crippen MR) is 146 cm³/mol. The number of nitrogens with zero attached hydrogens (tertiary/aromatic N) is 1. The fourth-order valence-corrected chi connectivity index (χ4v) is 4.62. The summed E-state index contributed by atoms with van der Waals surface area (Å²) in [5.74, 6) is -2.12. The van der Waals surface area contributed by atoms with E-state index in [9.17, 15) is 32.3 Å². The Morgan fingerprint density at radius 2 is 1.59 bits per heavy atom. The number of halogens is 5. The molecule has 1 N–H and O–H groups in total. The van der Waals surface area contributed by atoms with E-state index in [-0.39, 0.29) is 46.4 Å². The molecule has 1 aromatic heterocycles. The van der Waals surface area contributed by atoms with Crippen LogP contribution in [0.3, 0.4) is 0 Å². The number of nitrogens with one attached hydrogen (secondary N) is 1. The van der Waals surface area contributed by atoms with Gasteiger partial charge in [-0.05, 0) is 41.8 Å². The van der Waals surface area contributed by atoms with Crippen molar-refractivity contribution in [2.24, 2.45) is 7.05 Å². The highest BCUT2D eigenvalue weighted by Gasteiger charge is 2.34. The van der Waals surface area contributed by atoms with Crippen molar-refractivity contribution in [3.05, 3.63) is 91.3 Å². The highest BCUT2D eigenvalue weighted by atomic mass is 35.5. The van der Waals surface area contributed by atoms with Gasteiger partial charge in [0.15, 0.2) is 0 Å². The van der Waals surface area contributed by atoms with Gasteiger partial charge < -0.3 is 19.4 Å². The van der Waals surface area contributed by atoms with Crippen LogP contribution in [0.2, 0.25) is 10.0 Å². The van der Waals surface area contributed by atoms with Gasteiger partial charge in [0.1, 0.15) is 24.9 Å². The van der Waals surface area contributed by atoms with Crippen LogP contribution in [0, 0.1) is 6.92 Å². The normalized spacial score (nSPS) is 12.0. The fourth-order valence-electron chi connectivity index (χ4n) is 4.05. The number of hydrogen-bond donors (Lipinski definition) is 1. The minimum atomic E-state index is -4.69. The van der Waals surface area contributed by atoms with E-state index >= 15 is 0 Å². The molecule has 0 aliphatic rings. The van der Waals surface area contributed by atoms with Gasteiger partial charge in [0.2, 0.25) is 0 Å². The van der Waals surface area contributed by atoms with Gasteiger partial charge in [-0.1, -0.05) is 53.5 Å². The highest BCUT2D eigenvalue weighted by molar-refractivity contribution is 6.39. The van der Waals surface area contributed by atoms with Crippen molar-refractivity contribution in [1.29, 1.82) is 0 Å². The van der Waals surface area contributed by atoms with Crippen molar-refractivity contribution in [3.8, 4) is 11.1 Å². The average molecular weight is 613 g/mol. The summed E-state index contributed by atoms with van der Waals surface area (Å²) in [6, 6.07) is 10.3. The molecule has 0 aliphatic heterocycles. The third-order valence-corrected chi connectivity index (χ3v) is 6.64. The Hall–Kier alpha value is -3.83. The Balaban J connectivity index is 1.87. The van der Waals surface area contributed by atoms with E-state index in [2.05, 4.69) is 5.32 Å². The second-order valence-corrected chi connectivity index (χ2v) is 9.80. The summed E-state index contributed by atoms with van der Waals surface area (Å²) in [5, 5.41) is 2.68. The van der Waals surface area contributed by atoms with Crippen LogP contribution >= 0.6 is 23.2 Å². The topological polar surface area (TPSA) is 104 Å². The first-order valence-electron chi connectivity index (χ1n) is 12.1. The molecule has 0 bridgehead atoms. The third-order valence-electron chi connectivity index (χ3n) is 6.01. The average Bonchev–Trinajstić information content (AvgIpc) is 2.88. The van der Waals surface area contributed by atoms with Gasteiger partial charge >= 0.3 is 18.1 Å². The number of aryl methyl sites for hydroxylation is 1. The smallest absolute Gasteiger partial charge is 0.431 e. The Morgan fingerprint density at radius 3 is 2.15 bits per heavy atom. The quantitative estimate of drug-likeness (QED) is 0.265. The van der Waals surface area contributed by atoms with Gasteiger partial charge in [0.25, 0.3) is 11.5 Å². The molecule has 1 heterocycles. The first kappa shape index (κ1) is 31.7. The molecule has 1 atom stereocenters. The number of hydrogen-bond acceptors (Lipinski definition) is 6. The summed E-state index contributed by atoms with van der Waals surface area (Å²) in [7, 11) is 1.05. The van der Waals surface area contributed by atoms with Crippen LogP contribution in [-0.2, 0) is 38.7 Å². The van der Waals surface area contributed by atoms with E-state index in [4.69, 9.17) is 32.7 Å². The van der Waals surface area contributed by atoms with Crippen molar-refractivity contribution in [2.75, 3.05) is 13.2 Å². The third kappa shape index (κ3) is 7.89. The molecule has 1 amide bonds. The maximum absolute atomic E-state index is 13.3. The van der Waals surface area contributed by atoms with Crippen molar-refractivity contribution in [3.63, 3.8) is 0 Å². The number of pyridine rings is 1. The lowest BCUT2D eigenvalue weighted by molar-refractivity contribution is -0.152. The van der Waals surface area contributed by atoms with E-state index in [1.54, 1.807) is 18.2 Å². The zero-order valence-electron chi connectivity index (χ0n) is 22.1.